The van der Waals surface area contributed by atoms with Crippen LogP contribution in [-0.2, 0) is 11.3 Å². The summed E-state index contributed by atoms with van der Waals surface area (Å²) >= 11 is 0. The molecule has 2 aromatic heterocycles. The quantitative estimate of drug-likeness (QED) is 0.698. The normalized spacial score (nSPS) is 10.7. The monoisotopic (exact) mass is 313 g/mol. The third kappa shape index (κ3) is 2.91. The van der Waals surface area contributed by atoms with Crippen LogP contribution in [0.25, 0.3) is 11.0 Å². The van der Waals surface area contributed by atoms with Crippen molar-refractivity contribution >= 4 is 23.0 Å². The standard InChI is InChI=1S/C15H15N5O3/c1-20(8-9-3-5-10(6-4-9)14(22)23-2)15-17-12-11(7-16-19-12)13(21)18-15/h3-7H,8H2,1-2H3,(H2,16,17,18,19,21). The average molecular weight is 313 g/mol. The Morgan fingerprint density at radius 1 is 1.30 bits per heavy atom. The first kappa shape index (κ1) is 14.8. The number of aromatic amines is 2. The van der Waals surface area contributed by atoms with E-state index in [9.17, 15) is 9.59 Å². The largest absolute Gasteiger partial charge is 0.465 e. The molecule has 0 aliphatic heterocycles. The Morgan fingerprint density at radius 2 is 2.04 bits per heavy atom. The summed E-state index contributed by atoms with van der Waals surface area (Å²) in [5.74, 6) is 0.0596. The van der Waals surface area contributed by atoms with Gasteiger partial charge in [-0.1, -0.05) is 12.1 Å². The number of nitrogens with zero attached hydrogens (tertiary/aromatic N) is 3. The van der Waals surface area contributed by atoms with Gasteiger partial charge in [-0.2, -0.15) is 10.1 Å². The SMILES string of the molecule is COC(=O)c1ccc(CN(C)c2nc3[nH]ncc3c(=O)[nH]2)cc1. The number of hydrogen-bond acceptors (Lipinski definition) is 6. The molecule has 0 spiro atoms. The summed E-state index contributed by atoms with van der Waals surface area (Å²) in [5, 5.41) is 6.92. The van der Waals surface area contributed by atoms with Crippen molar-refractivity contribution in [1.82, 2.24) is 20.2 Å². The van der Waals surface area contributed by atoms with E-state index in [-0.39, 0.29) is 11.5 Å². The number of nitrogens with one attached hydrogen (secondary N) is 2. The van der Waals surface area contributed by atoms with E-state index in [0.29, 0.717) is 29.1 Å². The minimum atomic E-state index is -0.374. The van der Waals surface area contributed by atoms with Crippen LogP contribution in [0.1, 0.15) is 15.9 Å². The number of rotatable bonds is 4. The molecule has 3 rings (SSSR count). The van der Waals surface area contributed by atoms with E-state index >= 15 is 0 Å². The van der Waals surface area contributed by atoms with Crippen molar-refractivity contribution in [2.24, 2.45) is 0 Å². The highest BCUT2D eigenvalue weighted by atomic mass is 16.5. The fourth-order valence-electron chi connectivity index (χ4n) is 2.23. The lowest BCUT2D eigenvalue weighted by atomic mass is 10.1. The molecular formula is C15H15N5O3. The molecule has 3 aromatic rings. The lowest BCUT2D eigenvalue weighted by molar-refractivity contribution is 0.0600. The number of carbonyl (C=O) groups excluding carboxylic acids is 1. The predicted octanol–water partition coefficient (Wildman–Crippen LogP) is 1.07. The first-order chi connectivity index (χ1) is 11.1. The molecule has 0 saturated heterocycles. The number of fused-ring (bicyclic) bond motifs is 1. The van der Waals surface area contributed by atoms with Gasteiger partial charge in [0.2, 0.25) is 5.95 Å². The molecule has 1 aromatic carbocycles. The number of methoxy groups -OCH3 is 1. The summed E-state index contributed by atoms with van der Waals surface area (Å²) in [6, 6.07) is 7.05. The van der Waals surface area contributed by atoms with Gasteiger partial charge in [0, 0.05) is 13.6 Å². The maximum atomic E-state index is 11.9. The first-order valence-corrected chi connectivity index (χ1v) is 6.90. The highest BCUT2D eigenvalue weighted by Gasteiger charge is 2.10. The van der Waals surface area contributed by atoms with Crippen molar-refractivity contribution in [3.63, 3.8) is 0 Å². The molecule has 0 saturated carbocycles. The van der Waals surface area contributed by atoms with Crippen LogP contribution in [0, 0.1) is 0 Å². The molecule has 0 fully saturated rings. The number of anilines is 1. The Bertz CT molecular complexity index is 897. The number of carbonyl (C=O) groups is 1. The third-order valence-electron chi connectivity index (χ3n) is 3.46. The maximum Gasteiger partial charge on any atom is 0.337 e. The molecular weight excluding hydrogens is 298 g/mol. The van der Waals surface area contributed by atoms with Gasteiger partial charge in [-0.25, -0.2) is 4.79 Å². The Balaban J connectivity index is 1.81. The number of aromatic nitrogens is 4. The molecule has 0 unspecified atom stereocenters. The Hall–Kier alpha value is -3.16. The van der Waals surface area contributed by atoms with E-state index in [1.165, 1.54) is 13.3 Å². The average Bonchev–Trinajstić information content (AvgIpc) is 3.04. The van der Waals surface area contributed by atoms with Gasteiger partial charge < -0.3 is 9.64 Å². The number of esters is 1. The predicted molar refractivity (Wildman–Crippen MR) is 84.4 cm³/mol. The Kier molecular flexibility index (Phi) is 3.80. The summed E-state index contributed by atoms with van der Waals surface area (Å²) in [6.45, 7) is 0.518. The highest BCUT2D eigenvalue weighted by molar-refractivity contribution is 5.89. The van der Waals surface area contributed by atoms with Crippen molar-refractivity contribution < 1.29 is 9.53 Å². The summed E-state index contributed by atoms with van der Waals surface area (Å²) in [4.78, 5) is 32.2. The third-order valence-corrected chi connectivity index (χ3v) is 3.46. The number of ether oxygens (including phenoxy) is 1. The van der Waals surface area contributed by atoms with Crippen LogP contribution in [0.2, 0.25) is 0 Å². The van der Waals surface area contributed by atoms with Crippen molar-refractivity contribution in [1.29, 1.82) is 0 Å². The fourth-order valence-corrected chi connectivity index (χ4v) is 2.23. The van der Waals surface area contributed by atoms with Crippen LogP contribution in [-0.4, -0.2) is 40.3 Å². The smallest absolute Gasteiger partial charge is 0.337 e. The van der Waals surface area contributed by atoms with E-state index < -0.39 is 0 Å². The van der Waals surface area contributed by atoms with Gasteiger partial charge in [0.15, 0.2) is 5.65 Å². The van der Waals surface area contributed by atoms with Crippen molar-refractivity contribution in [2.45, 2.75) is 6.54 Å². The van der Waals surface area contributed by atoms with Gasteiger partial charge in [-0.3, -0.25) is 14.9 Å². The molecule has 0 radical (unpaired) electrons. The van der Waals surface area contributed by atoms with Crippen LogP contribution in [0.5, 0.6) is 0 Å². The summed E-state index contributed by atoms with van der Waals surface area (Å²) in [7, 11) is 3.16. The van der Waals surface area contributed by atoms with Crippen molar-refractivity contribution in [2.75, 3.05) is 19.1 Å². The molecule has 118 valence electrons. The molecule has 0 aliphatic carbocycles. The zero-order chi connectivity index (χ0) is 16.4. The Labute approximate surface area is 131 Å². The molecule has 2 N–H and O–H groups in total. The number of benzene rings is 1. The molecule has 0 atom stereocenters. The van der Waals surface area contributed by atoms with Gasteiger partial charge in [-0.15, -0.1) is 0 Å². The van der Waals surface area contributed by atoms with Crippen LogP contribution in [0.3, 0.4) is 0 Å². The lowest BCUT2D eigenvalue weighted by Gasteiger charge is -2.17. The summed E-state index contributed by atoms with van der Waals surface area (Å²) in [5.41, 5.74) is 1.65. The van der Waals surface area contributed by atoms with Crippen LogP contribution < -0.4 is 10.5 Å². The molecule has 8 nitrogen and oxygen atoms in total. The van der Waals surface area contributed by atoms with Gasteiger partial charge >= 0.3 is 5.97 Å². The zero-order valence-electron chi connectivity index (χ0n) is 12.7. The van der Waals surface area contributed by atoms with Crippen molar-refractivity contribution in [3.8, 4) is 0 Å². The van der Waals surface area contributed by atoms with Crippen LogP contribution in [0.15, 0.2) is 35.3 Å². The molecule has 2 heterocycles. The van der Waals surface area contributed by atoms with Gasteiger partial charge in [0.05, 0.1) is 18.9 Å². The second-order valence-corrected chi connectivity index (χ2v) is 5.07. The second kappa shape index (κ2) is 5.91. The van der Waals surface area contributed by atoms with E-state index in [2.05, 4.69) is 24.9 Å². The minimum absolute atomic E-state index is 0.244. The van der Waals surface area contributed by atoms with Crippen LogP contribution in [0.4, 0.5) is 5.95 Å². The molecule has 0 aliphatic rings. The highest BCUT2D eigenvalue weighted by Crippen LogP contribution is 2.12. The van der Waals surface area contributed by atoms with E-state index in [0.717, 1.165) is 5.56 Å². The summed E-state index contributed by atoms with van der Waals surface area (Å²) < 4.78 is 4.66. The topological polar surface area (TPSA) is 104 Å². The fraction of sp³-hybridized carbons (Fsp3) is 0.200. The van der Waals surface area contributed by atoms with E-state index in [4.69, 9.17) is 0 Å². The van der Waals surface area contributed by atoms with Crippen molar-refractivity contribution in [3.05, 3.63) is 51.9 Å². The van der Waals surface area contributed by atoms with Gasteiger partial charge in [0.25, 0.3) is 5.56 Å². The maximum absolute atomic E-state index is 11.9. The lowest BCUT2D eigenvalue weighted by Crippen LogP contribution is -2.22. The van der Waals surface area contributed by atoms with Gasteiger partial charge in [-0.05, 0) is 17.7 Å². The Morgan fingerprint density at radius 3 is 2.74 bits per heavy atom. The molecule has 8 heteroatoms. The molecule has 0 amide bonds. The first-order valence-electron chi connectivity index (χ1n) is 6.90. The van der Waals surface area contributed by atoms with E-state index in [1.807, 2.05) is 19.2 Å². The zero-order valence-corrected chi connectivity index (χ0v) is 12.7. The second-order valence-electron chi connectivity index (χ2n) is 5.07. The number of H-pyrrole nitrogens is 2. The van der Waals surface area contributed by atoms with Gasteiger partial charge in [0.1, 0.15) is 5.39 Å². The summed E-state index contributed by atoms with van der Waals surface area (Å²) in [6.07, 6.45) is 1.44. The number of hydrogen-bond donors (Lipinski definition) is 2. The molecule has 23 heavy (non-hydrogen) atoms. The van der Waals surface area contributed by atoms with E-state index in [1.54, 1.807) is 17.0 Å². The van der Waals surface area contributed by atoms with Crippen LogP contribution >= 0.6 is 0 Å². The molecule has 0 bridgehead atoms. The minimum Gasteiger partial charge on any atom is -0.465 e.